The van der Waals surface area contributed by atoms with Crippen LogP contribution in [0.15, 0.2) is 76.8 Å². The zero-order valence-corrected chi connectivity index (χ0v) is 22.1. The van der Waals surface area contributed by atoms with E-state index in [0.717, 1.165) is 48.3 Å². The normalized spacial score (nSPS) is 14.7. The molecule has 0 saturated carbocycles. The van der Waals surface area contributed by atoms with Gasteiger partial charge in [0.2, 0.25) is 0 Å². The van der Waals surface area contributed by atoms with Crippen molar-refractivity contribution >= 4 is 23.4 Å². The predicted molar refractivity (Wildman–Crippen MR) is 146 cm³/mol. The van der Waals surface area contributed by atoms with Gasteiger partial charge in [-0.1, -0.05) is 36.0 Å². The highest BCUT2D eigenvalue weighted by Gasteiger charge is 2.22. The molecule has 1 saturated heterocycles. The molecule has 1 aromatic heterocycles. The zero-order chi connectivity index (χ0) is 26.0. The second-order valence-electron chi connectivity index (χ2n) is 8.66. The quantitative estimate of drug-likeness (QED) is 0.395. The van der Waals surface area contributed by atoms with Gasteiger partial charge in [0.05, 0.1) is 36.0 Å². The van der Waals surface area contributed by atoms with Crippen molar-refractivity contribution in [3.8, 4) is 11.5 Å². The van der Waals surface area contributed by atoms with Gasteiger partial charge in [-0.3, -0.25) is 9.69 Å². The van der Waals surface area contributed by atoms with Crippen LogP contribution in [0.4, 0.5) is 5.69 Å². The number of pyridine rings is 1. The van der Waals surface area contributed by atoms with Gasteiger partial charge in [0.15, 0.2) is 0 Å². The summed E-state index contributed by atoms with van der Waals surface area (Å²) in [5.74, 6) is 1.36. The summed E-state index contributed by atoms with van der Waals surface area (Å²) in [5, 5.41) is 14.1. The molecule has 2 heterocycles. The van der Waals surface area contributed by atoms with E-state index < -0.39 is 6.10 Å². The van der Waals surface area contributed by atoms with Gasteiger partial charge in [0, 0.05) is 45.5 Å². The molecular weight excluding hydrogens is 488 g/mol. The fourth-order valence-corrected chi connectivity index (χ4v) is 5.28. The number of anilines is 1. The Balaban J connectivity index is 1.28. The Morgan fingerprint density at radius 3 is 2.54 bits per heavy atom. The number of rotatable bonds is 11. The number of benzene rings is 2. The molecule has 0 bridgehead atoms. The maximum Gasteiger partial charge on any atom is 0.254 e. The molecule has 2 aromatic carbocycles. The van der Waals surface area contributed by atoms with Crippen LogP contribution in [0.1, 0.15) is 17.3 Å². The van der Waals surface area contributed by atoms with E-state index in [-0.39, 0.29) is 12.5 Å². The summed E-state index contributed by atoms with van der Waals surface area (Å²) in [6.45, 7) is 6.64. The lowest BCUT2D eigenvalue weighted by Crippen LogP contribution is -2.50. The minimum absolute atomic E-state index is 0.167. The number of nitrogens with zero attached hydrogens (tertiary/aromatic N) is 3. The summed E-state index contributed by atoms with van der Waals surface area (Å²) in [7, 11) is 1.62. The van der Waals surface area contributed by atoms with Gasteiger partial charge < -0.3 is 24.8 Å². The summed E-state index contributed by atoms with van der Waals surface area (Å²) in [5.41, 5.74) is 1.57. The lowest BCUT2D eigenvalue weighted by molar-refractivity contribution is 0.0848. The highest BCUT2D eigenvalue weighted by atomic mass is 32.2. The van der Waals surface area contributed by atoms with Crippen LogP contribution < -0.4 is 19.7 Å². The van der Waals surface area contributed by atoms with Crippen LogP contribution >= 0.6 is 11.8 Å². The van der Waals surface area contributed by atoms with Gasteiger partial charge in [-0.15, -0.1) is 0 Å². The molecule has 9 heteroatoms. The van der Waals surface area contributed by atoms with Gasteiger partial charge in [0.25, 0.3) is 5.91 Å². The number of β-amino-alcohol motifs (C(OH)–C–C–N with tert-alkyl or cyclic N) is 1. The molecule has 1 amide bonds. The van der Waals surface area contributed by atoms with E-state index in [1.165, 1.54) is 11.8 Å². The van der Waals surface area contributed by atoms with Crippen LogP contribution in [0.5, 0.6) is 11.5 Å². The number of aliphatic hydroxyl groups is 1. The van der Waals surface area contributed by atoms with E-state index in [4.69, 9.17) is 9.47 Å². The number of carbonyl (C=O) groups is 1. The Morgan fingerprint density at radius 2 is 1.78 bits per heavy atom. The summed E-state index contributed by atoms with van der Waals surface area (Å²) >= 11 is 1.38. The number of hydrogen-bond donors (Lipinski definition) is 2. The first-order valence-corrected chi connectivity index (χ1v) is 13.3. The van der Waals surface area contributed by atoms with Crippen molar-refractivity contribution in [1.82, 2.24) is 15.2 Å². The number of ether oxygens (including phenoxy) is 2. The minimum Gasteiger partial charge on any atom is -0.496 e. The van der Waals surface area contributed by atoms with Crippen LogP contribution in [0.25, 0.3) is 0 Å². The standard InChI is InChI=1S/C28H34N4O4S/c1-3-36-24-11-5-4-10-23(24)32-17-15-31(16-18-32)20-21(33)19-30-27(34)22-9-8-14-29-28(22)37-26-13-7-6-12-25(26)35-2/h4-14,21,33H,3,15-20H2,1-2H3,(H,30,34). The minimum atomic E-state index is -0.673. The fourth-order valence-electron chi connectivity index (χ4n) is 4.29. The first-order chi connectivity index (χ1) is 18.1. The van der Waals surface area contributed by atoms with Crippen LogP contribution in [-0.2, 0) is 0 Å². The van der Waals surface area contributed by atoms with Gasteiger partial charge >= 0.3 is 0 Å². The van der Waals surface area contributed by atoms with Gasteiger partial charge in [-0.25, -0.2) is 4.98 Å². The number of carbonyl (C=O) groups excluding carboxylic acids is 1. The number of nitrogens with one attached hydrogen (secondary N) is 1. The van der Waals surface area contributed by atoms with Crippen LogP contribution in [0, 0.1) is 0 Å². The van der Waals surface area contributed by atoms with Crippen molar-refractivity contribution in [2.75, 3.05) is 57.9 Å². The molecule has 1 unspecified atom stereocenters. The molecule has 4 rings (SSSR count). The Bertz CT molecular complexity index is 1170. The predicted octanol–water partition coefficient (Wildman–Crippen LogP) is 3.55. The largest absolute Gasteiger partial charge is 0.496 e. The summed E-state index contributed by atoms with van der Waals surface area (Å²) in [6, 6.07) is 19.2. The van der Waals surface area contributed by atoms with E-state index >= 15 is 0 Å². The molecule has 3 aromatic rings. The number of methoxy groups -OCH3 is 1. The molecule has 1 aliphatic heterocycles. The first kappa shape index (κ1) is 26.8. The molecule has 1 fully saturated rings. The van der Waals surface area contributed by atoms with Gasteiger partial charge in [-0.05, 0) is 43.3 Å². The van der Waals surface area contributed by atoms with E-state index in [9.17, 15) is 9.90 Å². The third kappa shape index (κ3) is 7.15. The third-order valence-electron chi connectivity index (χ3n) is 6.14. The molecule has 0 radical (unpaired) electrons. The van der Waals surface area contributed by atoms with E-state index in [0.29, 0.717) is 23.7 Å². The van der Waals surface area contributed by atoms with E-state index in [1.807, 2.05) is 49.4 Å². The molecule has 1 aliphatic rings. The Kier molecular flexibility index (Phi) is 9.65. The number of para-hydroxylation sites is 3. The number of amides is 1. The van der Waals surface area contributed by atoms with E-state index in [2.05, 4.69) is 26.2 Å². The van der Waals surface area contributed by atoms with Crippen molar-refractivity contribution in [3.05, 3.63) is 72.4 Å². The summed E-state index contributed by atoms with van der Waals surface area (Å²) < 4.78 is 11.2. The number of hydrogen-bond acceptors (Lipinski definition) is 8. The second kappa shape index (κ2) is 13.3. The lowest BCUT2D eigenvalue weighted by atomic mass is 10.2. The molecular formula is C28H34N4O4S. The smallest absolute Gasteiger partial charge is 0.254 e. The lowest BCUT2D eigenvalue weighted by Gasteiger charge is -2.37. The Hall–Kier alpha value is -3.27. The topological polar surface area (TPSA) is 87.2 Å². The van der Waals surface area contributed by atoms with Crippen molar-refractivity contribution in [1.29, 1.82) is 0 Å². The second-order valence-corrected chi connectivity index (χ2v) is 9.69. The number of piperazine rings is 1. The van der Waals surface area contributed by atoms with Gasteiger partial charge in [-0.2, -0.15) is 0 Å². The third-order valence-corrected chi connectivity index (χ3v) is 7.21. The van der Waals surface area contributed by atoms with Gasteiger partial charge in [0.1, 0.15) is 16.5 Å². The molecule has 37 heavy (non-hydrogen) atoms. The molecule has 0 spiro atoms. The van der Waals surface area contributed by atoms with Crippen molar-refractivity contribution in [2.24, 2.45) is 0 Å². The first-order valence-electron chi connectivity index (χ1n) is 12.5. The average molecular weight is 523 g/mol. The summed E-state index contributed by atoms with van der Waals surface area (Å²) in [6.07, 6.45) is 0.990. The van der Waals surface area contributed by atoms with Crippen molar-refractivity contribution in [3.63, 3.8) is 0 Å². The number of aliphatic hydroxyl groups excluding tert-OH is 1. The Labute approximate surface area is 222 Å². The highest BCUT2D eigenvalue weighted by Crippen LogP contribution is 2.35. The SMILES string of the molecule is CCOc1ccccc1N1CCN(CC(O)CNC(=O)c2cccnc2Sc2ccccc2OC)CC1. The maximum atomic E-state index is 13.0. The maximum absolute atomic E-state index is 13.0. The number of aromatic nitrogens is 1. The van der Waals surface area contributed by atoms with Crippen LogP contribution in [0.3, 0.4) is 0 Å². The molecule has 8 nitrogen and oxygen atoms in total. The van der Waals surface area contributed by atoms with Crippen LogP contribution in [0.2, 0.25) is 0 Å². The zero-order valence-electron chi connectivity index (χ0n) is 21.3. The molecule has 2 N–H and O–H groups in total. The molecule has 0 aliphatic carbocycles. The monoisotopic (exact) mass is 522 g/mol. The highest BCUT2D eigenvalue weighted by molar-refractivity contribution is 7.99. The average Bonchev–Trinajstić information content (AvgIpc) is 2.93. The molecule has 196 valence electrons. The van der Waals surface area contributed by atoms with Crippen molar-refractivity contribution < 1.29 is 19.4 Å². The van der Waals surface area contributed by atoms with E-state index in [1.54, 1.807) is 25.4 Å². The fraction of sp³-hybridized carbons (Fsp3) is 0.357. The summed E-state index contributed by atoms with van der Waals surface area (Å²) in [4.78, 5) is 22.8. The van der Waals surface area contributed by atoms with Crippen molar-refractivity contribution in [2.45, 2.75) is 22.9 Å². The Morgan fingerprint density at radius 1 is 1.05 bits per heavy atom. The van der Waals surface area contributed by atoms with Crippen LogP contribution in [-0.4, -0.2) is 80.0 Å². The molecule has 1 atom stereocenters.